The molecule has 0 spiro atoms. The third kappa shape index (κ3) is 14.1. The number of esters is 4. The van der Waals surface area contributed by atoms with Crippen LogP contribution in [0.4, 0.5) is 0 Å². The normalized spacial score (nSPS) is 17.4. The van der Waals surface area contributed by atoms with Gasteiger partial charge in [-0.05, 0) is 208 Å². The van der Waals surface area contributed by atoms with Crippen molar-refractivity contribution in [1.29, 1.82) is 0 Å². The second kappa shape index (κ2) is 29.8. The van der Waals surface area contributed by atoms with Crippen LogP contribution in [0.2, 0.25) is 0 Å². The van der Waals surface area contributed by atoms with E-state index in [9.17, 15) is 29.4 Å². The van der Waals surface area contributed by atoms with E-state index in [-0.39, 0.29) is 49.6 Å². The van der Waals surface area contributed by atoms with Crippen molar-refractivity contribution in [3.63, 3.8) is 0 Å². The SMILES string of the molecule is C=CC1=C(C)c2cc3[nH]c(cc4nc(cc5[nH]c(cc1n2)[C@@](C)(O)/C5=C\C=C\c1ccccc1-c1ccccc1/C=C/C=C1/c2cc5nc(cc6[nH]c(cc7nc(cc([nH]2)[C@@]1(C)O)C(C=C)=C7C)c(C)c6CCC(=O)OC)C(CCC(=O)OC)=C5C)C(C)=C4CCC(=O)OC)c(CCC(=O)OC)c3C. The minimum atomic E-state index is -1.58. The highest BCUT2D eigenvalue weighted by Gasteiger charge is 2.38. The highest BCUT2D eigenvalue weighted by molar-refractivity contribution is 6.00. The van der Waals surface area contributed by atoms with Crippen molar-refractivity contribution in [3.05, 3.63) is 248 Å². The van der Waals surface area contributed by atoms with Crippen molar-refractivity contribution in [2.75, 3.05) is 28.4 Å². The highest BCUT2D eigenvalue weighted by Crippen LogP contribution is 2.46. The number of aromatic nitrogens is 8. The summed E-state index contributed by atoms with van der Waals surface area (Å²) in [6, 6.07) is 31.7. The lowest BCUT2D eigenvalue weighted by molar-refractivity contribution is -0.141. The molecule has 6 aliphatic heterocycles. The zero-order valence-electron chi connectivity index (χ0n) is 60.9. The minimum Gasteiger partial charge on any atom is -0.469 e. The molecule has 4 aromatic heterocycles. The fourth-order valence-corrected chi connectivity index (χ4v) is 14.4. The number of nitrogens with zero attached hydrogens (tertiary/aromatic N) is 4. The standard InChI is InChI=1S/C86H86N8O10/c1-15-55-47(3)65-39-67-49(5)57(31-35-81(95)101-11)71(87-67)43-73-59(33-37-83(97)103-13)51(7)69(89-73)41-77-63(85(9,99)79(93-77)45-75(55)91-65)29-21-25-53-23-17-19-27-61(53)62-28-20-18-24-54(62)26-22-30-64-78-42-70-52(8)60(34-38-84(98)104-14)74(90-70)44-72-58(32-36-82(96)102-12)50(6)68(88-72)40-66-48(4)56(16-2)76(92-66)46-80(94-78)86(64,10)100/h15-30,39-46,87-88,93-94,99-100H,1-2,31-38H2,3-14H3/b25-21+,26-22+,63-29-,64-30-,65-39?,66-40?,73-43?,74-44?,77-41?,78-42?,79-45?,80-46?/t85-,86-/m0/s1. The molecule has 2 atom stereocenters. The third-order valence-electron chi connectivity index (χ3n) is 20.7. The van der Waals surface area contributed by atoms with Gasteiger partial charge in [-0.1, -0.05) is 110 Å². The summed E-state index contributed by atoms with van der Waals surface area (Å²) in [7, 11) is 5.51. The number of aryl methyl sites for hydroxylation is 4. The average molecular weight is 1390 g/mol. The van der Waals surface area contributed by atoms with Crippen molar-refractivity contribution in [3.8, 4) is 11.1 Å². The van der Waals surface area contributed by atoms with Crippen LogP contribution >= 0.6 is 0 Å². The molecule has 18 nitrogen and oxygen atoms in total. The van der Waals surface area contributed by atoms with Gasteiger partial charge in [-0.25, -0.2) is 19.9 Å². The molecular weight excluding hydrogens is 1300 g/mol. The molecule has 18 heteroatoms. The topological polar surface area (TPSA) is 260 Å². The summed E-state index contributed by atoms with van der Waals surface area (Å²) in [5.74, 6) is -1.38. The lowest BCUT2D eigenvalue weighted by Gasteiger charge is -2.19. The van der Waals surface area contributed by atoms with Crippen molar-refractivity contribution < 1.29 is 48.3 Å². The van der Waals surface area contributed by atoms with Gasteiger partial charge < -0.3 is 49.1 Å². The first-order valence-corrected chi connectivity index (χ1v) is 34.7. The molecule has 530 valence electrons. The van der Waals surface area contributed by atoms with Gasteiger partial charge in [0.2, 0.25) is 0 Å². The number of allylic oxidation sites excluding steroid dienone is 14. The number of rotatable bonds is 19. The van der Waals surface area contributed by atoms with Gasteiger partial charge in [-0.15, -0.1) is 0 Å². The van der Waals surface area contributed by atoms with E-state index in [0.717, 1.165) is 111 Å². The molecule has 12 rings (SSSR count). The number of nitrogens with one attached hydrogen (secondary N) is 4. The molecule has 6 aromatic rings. The lowest BCUT2D eigenvalue weighted by atomic mass is 9.90. The Morgan fingerprint density at radius 1 is 0.433 bits per heavy atom. The summed E-state index contributed by atoms with van der Waals surface area (Å²) in [5.41, 5.74) is 22.5. The number of H-pyrrole nitrogens is 4. The second-order valence-electron chi connectivity index (χ2n) is 26.9. The van der Waals surface area contributed by atoms with Crippen LogP contribution < -0.4 is 0 Å². The zero-order valence-corrected chi connectivity index (χ0v) is 60.9. The van der Waals surface area contributed by atoms with Gasteiger partial charge >= 0.3 is 23.9 Å². The van der Waals surface area contributed by atoms with Gasteiger partial charge in [0.25, 0.3) is 0 Å². The number of carbonyl (C=O) groups excluding carboxylic acids is 4. The summed E-state index contributed by atoms with van der Waals surface area (Å²) in [6.45, 7) is 23.8. The maximum atomic E-state index is 13.0. The van der Waals surface area contributed by atoms with Gasteiger partial charge in [0.15, 0.2) is 0 Å². The average Bonchev–Trinajstić information content (AvgIpc) is 1.60. The lowest BCUT2D eigenvalue weighted by Crippen LogP contribution is -2.19. The molecule has 0 fully saturated rings. The first-order valence-electron chi connectivity index (χ1n) is 34.7. The van der Waals surface area contributed by atoms with Crippen LogP contribution in [0, 0.1) is 13.8 Å². The van der Waals surface area contributed by atoms with Crippen molar-refractivity contribution in [2.45, 2.75) is 118 Å². The van der Waals surface area contributed by atoms with Crippen LogP contribution in [0.1, 0.15) is 182 Å². The van der Waals surface area contributed by atoms with Crippen LogP contribution in [0.15, 0.2) is 147 Å². The molecule has 0 aliphatic carbocycles. The van der Waals surface area contributed by atoms with Gasteiger partial charge in [0.1, 0.15) is 11.2 Å². The molecule has 10 heterocycles. The Morgan fingerprint density at radius 3 is 1.13 bits per heavy atom. The summed E-state index contributed by atoms with van der Waals surface area (Å²) >= 11 is 0. The maximum Gasteiger partial charge on any atom is 0.305 e. The number of carbonyl (C=O) groups is 4. The Hall–Kier alpha value is -11.6. The first kappa shape index (κ1) is 72.2. The smallest absolute Gasteiger partial charge is 0.305 e. The van der Waals surface area contributed by atoms with Crippen LogP contribution in [-0.4, -0.2) is 102 Å². The van der Waals surface area contributed by atoms with Crippen LogP contribution in [0.3, 0.4) is 0 Å². The monoisotopic (exact) mass is 1390 g/mol. The molecule has 0 saturated heterocycles. The molecule has 0 amide bonds. The van der Waals surface area contributed by atoms with E-state index >= 15 is 0 Å². The van der Waals surface area contributed by atoms with E-state index in [2.05, 4.69) is 45.2 Å². The number of fused-ring (bicyclic) bond motifs is 16. The van der Waals surface area contributed by atoms with E-state index in [0.29, 0.717) is 105 Å². The number of hydrogen-bond donors (Lipinski definition) is 6. The molecule has 0 unspecified atom stereocenters. The molecule has 16 bridgehead atoms. The van der Waals surface area contributed by atoms with Gasteiger partial charge in [0.05, 0.1) is 85.4 Å². The van der Waals surface area contributed by atoms with E-state index in [1.165, 1.54) is 28.4 Å². The van der Waals surface area contributed by atoms with Crippen molar-refractivity contribution in [1.82, 2.24) is 39.9 Å². The van der Waals surface area contributed by atoms with E-state index in [1.54, 1.807) is 26.0 Å². The third-order valence-corrected chi connectivity index (χ3v) is 20.7. The number of aromatic amines is 4. The largest absolute Gasteiger partial charge is 0.469 e. The molecule has 0 saturated carbocycles. The molecule has 104 heavy (non-hydrogen) atoms. The molecular formula is C86H86N8O10. The van der Waals surface area contributed by atoms with Crippen molar-refractivity contribution >= 4 is 114 Å². The Labute approximate surface area is 604 Å². The molecule has 6 aliphatic rings. The second-order valence-corrected chi connectivity index (χ2v) is 26.9. The number of aliphatic hydroxyl groups is 2. The van der Waals surface area contributed by atoms with Gasteiger partial charge in [-0.3, -0.25) is 19.2 Å². The van der Waals surface area contributed by atoms with E-state index < -0.39 is 11.2 Å². The Morgan fingerprint density at radius 2 is 0.769 bits per heavy atom. The number of hydrogen-bond acceptors (Lipinski definition) is 14. The predicted molar refractivity (Wildman–Crippen MR) is 413 cm³/mol. The fraction of sp³-hybridized carbons (Fsp3) is 0.256. The summed E-state index contributed by atoms with van der Waals surface area (Å²) in [4.78, 5) is 86.0. The number of methoxy groups -OCH3 is 4. The molecule has 6 N–H and O–H groups in total. The number of ether oxygens (including phenoxy) is 4. The van der Waals surface area contributed by atoms with Crippen LogP contribution in [-0.2, 0) is 62.2 Å². The summed E-state index contributed by atoms with van der Waals surface area (Å²) in [6.07, 6.45) is 17.3. The van der Waals surface area contributed by atoms with Crippen molar-refractivity contribution in [2.24, 2.45) is 0 Å². The quantitative estimate of drug-likeness (QED) is 0.0326. The van der Waals surface area contributed by atoms with Gasteiger partial charge in [0, 0.05) is 81.4 Å². The maximum absolute atomic E-state index is 13.0. The fourth-order valence-electron chi connectivity index (χ4n) is 14.4. The first-order chi connectivity index (χ1) is 49.9. The summed E-state index contributed by atoms with van der Waals surface area (Å²) < 4.78 is 20.3. The Balaban J connectivity index is 0.958. The van der Waals surface area contributed by atoms with Gasteiger partial charge in [-0.2, -0.15) is 0 Å². The molecule has 2 aromatic carbocycles. The predicted octanol–water partition coefficient (Wildman–Crippen LogP) is 16.9. The zero-order chi connectivity index (χ0) is 74.1. The van der Waals surface area contributed by atoms with Crippen LogP contribution in [0.5, 0.6) is 0 Å². The van der Waals surface area contributed by atoms with E-state index in [1.807, 2.05) is 163 Å². The Kier molecular flexibility index (Phi) is 20.7. The number of benzene rings is 2. The van der Waals surface area contributed by atoms with Crippen LogP contribution in [0.25, 0.3) is 101 Å². The van der Waals surface area contributed by atoms with E-state index in [4.69, 9.17) is 38.9 Å². The Bertz CT molecular complexity index is 5020. The molecule has 0 radical (unpaired) electrons. The highest BCUT2D eigenvalue weighted by atomic mass is 16.5. The minimum absolute atomic E-state index is 0.119. The summed E-state index contributed by atoms with van der Waals surface area (Å²) in [5, 5.41) is 25.9.